The Balaban J connectivity index is 1.03. The van der Waals surface area contributed by atoms with Crippen LogP contribution in [0.3, 0.4) is 0 Å². The van der Waals surface area contributed by atoms with Crippen LogP contribution in [0.2, 0.25) is 0 Å². The quantitative estimate of drug-likeness (QED) is 0.522. The fourth-order valence-electron chi connectivity index (χ4n) is 5.23. The van der Waals surface area contributed by atoms with Gasteiger partial charge in [-0.2, -0.15) is 0 Å². The minimum Gasteiger partial charge on any atom is -0.408 e. The van der Waals surface area contributed by atoms with E-state index in [0.717, 1.165) is 49.9 Å². The van der Waals surface area contributed by atoms with Gasteiger partial charge >= 0.3 is 5.76 Å². The lowest BCUT2D eigenvalue weighted by Crippen LogP contribution is -2.63. The zero-order valence-corrected chi connectivity index (χ0v) is 19.3. The Hall–Kier alpha value is -3.39. The highest BCUT2D eigenvalue weighted by atomic mass is 16.4. The Labute approximate surface area is 197 Å². The lowest BCUT2D eigenvalue weighted by Gasteiger charge is -2.46. The molecule has 1 saturated carbocycles. The number of carbonyl (C=O) groups is 2. The number of amides is 2. The molecule has 5 rings (SSSR count). The third kappa shape index (κ3) is 4.92. The van der Waals surface area contributed by atoms with E-state index in [0.29, 0.717) is 23.1 Å². The SMILES string of the molecule is Cc1cccc(C(=O)NCC(=O)NC2CN([C@H]3CC[C@@H](c4ccc5oc(=O)[nH]c5c4)CC3)C2)c1. The Kier molecular flexibility index (Phi) is 6.24. The van der Waals surface area contributed by atoms with Gasteiger partial charge in [-0.25, -0.2) is 4.79 Å². The Bertz CT molecular complexity index is 1250. The van der Waals surface area contributed by atoms with Gasteiger partial charge in [0, 0.05) is 24.7 Å². The van der Waals surface area contributed by atoms with Gasteiger partial charge in [0.2, 0.25) is 5.91 Å². The second-order valence-electron chi connectivity index (χ2n) is 9.55. The van der Waals surface area contributed by atoms with E-state index in [1.807, 2.05) is 37.3 Å². The summed E-state index contributed by atoms with van der Waals surface area (Å²) in [6, 6.07) is 14.0. The molecule has 3 aromatic rings. The van der Waals surface area contributed by atoms with Crippen LogP contribution < -0.4 is 16.4 Å². The van der Waals surface area contributed by atoms with E-state index >= 15 is 0 Å². The van der Waals surface area contributed by atoms with Gasteiger partial charge in [0.05, 0.1) is 18.1 Å². The summed E-state index contributed by atoms with van der Waals surface area (Å²) in [5, 5.41) is 5.72. The van der Waals surface area contributed by atoms with Crippen LogP contribution in [0.4, 0.5) is 0 Å². The van der Waals surface area contributed by atoms with Crippen LogP contribution in [0.25, 0.3) is 11.1 Å². The van der Waals surface area contributed by atoms with Crippen LogP contribution in [0.1, 0.15) is 53.1 Å². The standard InChI is InChI=1S/C26H30N4O4/c1-16-3-2-4-19(11-16)25(32)27-13-24(31)28-20-14-30(15-20)21-8-5-17(6-9-21)18-7-10-23-22(12-18)29-26(33)34-23/h2-4,7,10-12,17,20-21H,5-6,8-9,13-15H2,1H3,(H,27,32)(H,28,31)(H,29,33)/t17-,21+. The summed E-state index contributed by atoms with van der Waals surface area (Å²) in [5.74, 6) is -0.303. The predicted molar refractivity (Wildman–Crippen MR) is 129 cm³/mol. The minimum absolute atomic E-state index is 0.0132. The highest BCUT2D eigenvalue weighted by Crippen LogP contribution is 2.36. The summed E-state index contributed by atoms with van der Waals surface area (Å²) in [5.41, 5.74) is 4.20. The summed E-state index contributed by atoms with van der Waals surface area (Å²) in [4.78, 5) is 41.0. The van der Waals surface area contributed by atoms with E-state index in [2.05, 4.69) is 26.6 Å². The Morgan fingerprint density at radius 3 is 2.65 bits per heavy atom. The summed E-state index contributed by atoms with van der Waals surface area (Å²) in [6.45, 7) is 3.63. The maximum absolute atomic E-state index is 12.3. The van der Waals surface area contributed by atoms with E-state index in [-0.39, 0.29) is 24.4 Å². The van der Waals surface area contributed by atoms with Crippen molar-refractivity contribution >= 4 is 22.9 Å². The molecular weight excluding hydrogens is 432 g/mol. The molecule has 2 fully saturated rings. The number of aryl methyl sites for hydroxylation is 1. The van der Waals surface area contributed by atoms with Crippen molar-refractivity contribution in [2.45, 2.75) is 50.6 Å². The van der Waals surface area contributed by atoms with Crippen molar-refractivity contribution in [1.82, 2.24) is 20.5 Å². The Morgan fingerprint density at radius 1 is 1.09 bits per heavy atom. The number of aromatic amines is 1. The summed E-state index contributed by atoms with van der Waals surface area (Å²) >= 11 is 0. The smallest absolute Gasteiger partial charge is 0.408 e. The van der Waals surface area contributed by atoms with Crippen molar-refractivity contribution in [3.63, 3.8) is 0 Å². The maximum Gasteiger partial charge on any atom is 0.417 e. The second kappa shape index (κ2) is 9.46. The fourth-order valence-corrected chi connectivity index (χ4v) is 5.23. The molecule has 2 aliphatic rings. The minimum atomic E-state index is -0.413. The predicted octanol–water partition coefficient (Wildman–Crippen LogP) is 2.69. The molecule has 1 aliphatic carbocycles. The number of H-pyrrole nitrogens is 1. The van der Waals surface area contributed by atoms with Gasteiger partial charge in [0.1, 0.15) is 0 Å². The van der Waals surface area contributed by atoms with Crippen LogP contribution in [-0.4, -0.2) is 53.4 Å². The van der Waals surface area contributed by atoms with Crippen LogP contribution in [-0.2, 0) is 4.79 Å². The van der Waals surface area contributed by atoms with Crippen molar-refractivity contribution in [3.8, 4) is 0 Å². The van der Waals surface area contributed by atoms with Gasteiger partial charge < -0.3 is 15.1 Å². The molecule has 0 atom stereocenters. The lowest BCUT2D eigenvalue weighted by atomic mass is 9.80. The average Bonchev–Trinajstić information content (AvgIpc) is 3.19. The molecule has 1 aliphatic heterocycles. The molecule has 2 heterocycles. The third-order valence-corrected chi connectivity index (χ3v) is 7.09. The fraction of sp³-hybridized carbons (Fsp3) is 0.423. The number of benzene rings is 2. The van der Waals surface area contributed by atoms with Gasteiger partial charge in [0.15, 0.2) is 5.58 Å². The molecule has 1 saturated heterocycles. The van der Waals surface area contributed by atoms with Crippen LogP contribution >= 0.6 is 0 Å². The van der Waals surface area contributed by atoms with Crippen molar-refractivity contribution in [2.24, 2.45) is 0 Å². The monoisotopic (exact) mass is 462 g/mol. The van der Waals surface area contributed by atoms with Gasteiger partial charge in [-0.1, -0.05) is 23.8 Å². The van der Waals surface area contributed by atoms with Crippen molar-refractivity contribution in [2.75, 3.05) is 19.6 Å². The van der Waals surface area contributed by atoms with Gasteiger partial charge in [-0.05, 0) is 68.4 Å². The number of likely N-dealkylation sites (tertiary alicyclic amines) is 1. The number of carbonyl (C=O) groups excluding carboxylic acids is 2. The first-order valence-electron chi connectivity index (χ1n) is 12.0. The summed E-state index contributed by atoms with van der Waals surface area (Å²) in [6.07, 6.45) is 4.46. The number of oxazole rings is 1. The topological polar surface area (TPSA) is 107 Å². The van der Waals surface area contributed by atoms with Crippen LogP contribution in [0.15, 0.2) is 51.7 Å². The molecule has 1 aromatic heterocycles. The van der Waals surface area contributed by atoms with Crippen LogP contribution in [0, 0.1) is 6.92 Å². The highest BCUT2D eigenvalue weighted by Gasteiger charge is 2.35. The number of nitrogens with zero attached hydrogens (tertiary/aromatic N) is 1. The average molecular weight is 463 g/mol. The summed E-state index contributed by atoms with van der Waals surface area (Å²) < 4.78 is 5.10. The maximum atomic E-state index is 12.3. The number of fused-ring (bicyclic) bond motifs is 1. The van der Waals surface area contributed by atoms with Gasteiger partial charge in [-0.3, -0.25) is 19.5 Å². The number of nitrogens with one attached hydrogen (secondary N) is 3. The lowest BCUT2D eigenvalue weighted by molar-refractivity contribution is -0.122. The molecule has 34 heavy (non-hydrogen) atoms. The molecule has 3 N–H and O–H groups in total. The molecular formula is C26H30N4O4. The van der Waals surface area contributed by atoms with Gasteiger partial charge in [0.25, 0.3) is 5.91 Å². The molecule has 0 radical (unpaired) electrons. The molecule has 0 unspecified atom stereocenters. The van der Waals surface area contributed by atoms with E-state index in [4.69, 9.17) is 4.42 Å². The molecule has 178 valence electrons. The molecule has 0 spiro atoms. The van der Waals surface area contributed by atoms with E-state index in [1.54, 1.807) is 6.07 Å². The van der Waals surface area contributed by atoms with Crippen molar-refractivity contribution in [1.29, 1.82) is 0 Å². The molecule has 8 nitrogen and oxygen atoms in total. The zero-order chi connectivity index (χ0) is 23.7. The first-order valence-corrected chi connectivity index (χ1v) is 12.0. The molecule has 0 bridgehead atoms. The first-order chi connectivity index (χ1) is 16.4. The van der Waals surface area contributed by atoms with Crippen molar-refractivity contribution < 1.29 is 14.0 Å². The number of aromatic nitrogens is 1. The molecule has 2 aromatic carbocycles. The van der Waals surface area contributed by atoms with E-state index in [9.17, 15) is 14.4 Å². The number of hydrogen-bond acceptors (Lipinski definition) is 5. The van der Waals surface area contributed by atoms with E-state index < -0.39 is 5.76 Å². The summed E-state index contributed by atoms with van der Waals surface area (Å²) in [7, 11) is 0. The van der Waals surface area contributed by atoms with Crippen LogP contribution in [0.5, 0.6) is 0 Å². The highest BCUT2D eigenvalue weighted by molar-refractivity contribution is 5.96. The third-order valence-electron chi connectivity index (χ3n) is 7.09. The largest absolute Gasteiger partial charge is 0.417 e. The molecule has 8 heteroatoms. The number of rotatable bonds is 6. The first kappa shape index (κ1) is 22.4. The van der Waals surface area contributed by atoms with Gasteiger partial charge in [-0.15, -0.1) is 0 Å². The van der Waals surface area contributed by atoms with E-state index in [1.165, 1.54) is 5.56 Å². The normalized spacial score (nSPS) is 21.2. The molecule has 2 amide bonds. The van der Waals surface area contributed by atoms with Crippen molar-refractivity contribution in [3.05, 3.63) is 69.7 Å². The second-order valence-corrected chi connectivity index (χ2v) is 9.55. The number of hydrogen-bond donors (Lipinski definition) is 3. The Morgan fingerprint density at radius 2 is 1.88 bits per heavy atom. The zero-order valence-electron chi connectivity index (χ0n) is 19.3.